The lowest BCUT2D eigenvalue weighted by molar-refractivity contribution is 0.422. The van der Waals surface area contributed by atoms with E-state index >= 15 is 0 Å². The van der Waals surface area contributed by atoms with E-state index < -0.39 is 0 Å². The van der Waals surface area contributed by atoms with Gasteiger partial charge < -0.3 is 0 Å². The molecule has 0 amide bonds. The van der Waals surface area contributed by atoms with Gasteiger partial charge in [0.2, 0.25) is 0 Å². The van der Waals surface area contributed by atoms with Gasteiger partial charge in [-0.15, -0.1) is 0 Å². The van der Waals surface area contributed by atoms with Crippen molar-refractivity contribution in [1.82, 2.24) is 0 Å². The summed E-state index contributed by atoms with van der Waals surface area (Å²) in [7, 11) is 0. The van der Waals surface area contributed by atoms with Crippen LogP contribution in [0.5, 0.6) is 0 Å². The van der Waals surface area contributed by atoms with Crippen LogP contribution in [0, 0.1) is 11.8 Å². The minimum absolute atomic E-state index is 0.967. The molecule has 0 heterocycles. The second kappa shape index (κ2) is 24.3. The van der Waals surface area contributed by atoms with Gasteiger partial charge in [0.1, 0.15) is 0 Å². The van der Waals surface area contributed by atoms with Gasteiger partial charge in [-0.3, -0.25) is 0 Å². The maximum Gasteiger partial charge on any atom is -0.0443 e. The van der Waals surface area contributed by atoms with E-state index in [4.69, 9.17) is 0 Å². The lowest BCUT2D eigenvalue weighted by atomic mass is 9.95. The number of rotatable bonds is 24. The van der Waals surface area contributed by atoms with Crippen molar-refractivity contribution < 1.29 is 0 Å². The molecule has 0 fully saturated rings. The molecule has 0 aromatic carbocycles. The number of hydrogen-bond acceptors (Lipinski definition) is 0. The molecule has 0 aliphatic carbocycles. The van der Waals surface area contributed by atoms with Crippen molar-refractivity contribution in [3.63, 3.8) is 0 Å². The molecule has 0 radical (unpaired) electrons. The number of hydrogen-bond donors (Lipinski definition) is 0. The van der Waals surface area contributed by atoms with E-state index in [-0.39, 0.29) is 0 Å². The van der Waals surface area contributed by atoms with Gasteiger partial charge in [0.25, 0.3) is 0 Å². The SMILES string of the molecule is CCCCCCCCC(C)CCCCCCCCCC(C)CCCCCCCC. The predicted octanol–water partition coefficient (Wildman–Crippen LogP) is 11.3. The van der Waals surface area contributed by atoms with Crippen molar-refractivity contribution in [3.05, 3.63) is 0 Å². The van der Waals surface area contributed by atoms with Crippen molar-refractivity contribution in [2.75, 3.05) is 0 Å². The van der Waals surface area contributed by atoms with Crippen LogP contribution >= 0.6 is 0 Å². The second-order valence-electron chi connectivity index (χ2n) is 10.4. The standard InChI is InChI=1S/C29H60/c1-5-7-9-11-16-20-24-28(3)26-22-18-14-13-15-19-23-27-29(4)25-21-17-12-10-8-6-2/h28-29H,5-27H2,1-4H3. The fraction of sp³-hybridized carbons (Fsp3) is 1.00. The summed E-state index contributed by atoms with van der Waals surface area (Å²) in [6.07, 6.45) is 33.7. The first kappa shape index (κ1) is 29.0. The first-order valence-corrected chi connectivity index (χ1v) is 14.2. The zero-order chi connectivity index (χ0) is 21.4. The summed E-state index contributed by atoms with van der Waals surface area (Å²) in [6.45, 7) is 9.58. The van der Waals surface area contributed by atoms with Crippen molar-refractivity contribution in [2.45, 2.75) is 175 Å². The number of unbranched alkanes of at least 4 members (excludes halogenated alkanes) is 16. The molecular formula is C29H60. The van der Waals surface area contributed by atoms with Crippen molar-refractivity contribution in [2.24, 2.45) is 11.8 Å². The molecule has 0 nitrogen and oxygen atoms in total. The Kier molecular flexibility index (Phi) is 24.3. The van der Waals surface area contributed by atoms with Crippen molar-refractivity contribution in [1.29, 1.82) is 0 Å². The molecule has 0 rings (SSSR count). The predicted molar refractivity (Wildman–Crippen MR) is 136 cm³/mol. The monoisotopic (exact) mass is 408 g/mol. The van der Waals surface area contributed by atoms with Crippen LogP contribution in [-0.4, -0.2) is 0 Å². The minimum Gasteiger partial charge on any atom is -0.0654 e. The van der Waals surface area contributed by atoms with Gasteiger partial charge in [-0.1, -0.05) is 175 Å². The van der Waals surface area contributed by atoms with Crippen molar-refractivity contribution >= 4 is 0 Å². The topological polar surface area (TPSA) is 0 Å². The highest BCUT2D eigenvalue weighted by Crippen LogP contribution is 2.20. The maximum absolute atomic E-state index is 2.48. The van der Waals surface area contributed by atoms with E-state index in [1.165, 1.54) is 148 Å². The van der Waals surface area contributed by atoms with Gasteiger partial charge in [-0.05, 0) is 11.8 Å². The van der Waals surface area contributed by atoms with Gasteiger partial charge in [-0.25, -0.2) is 0 Å². The molecule has 0 N–H and O–H groups in total. The van der Waals surface area contributed by atoms with E-state index in [1.54, 1.807) is 0 Å². The highest BCUT2D eigenvalue weighted by Gasteiger charge is 2.03. The third-order valence-corrected chi connectivity index (χ3v) is 6.99. The van der Waals surface area contributed by atoms with Crippen LogP contribution in [0.25, 0.3) is 0 Å². The van der Waals surface area contributed by atoms with Crippen LogP contribution in [0.4, 0.5) is 0 Å². The quantitative estimate of drug-likeness (QED) is 0.139. The molecule has 0 aliphatic rings. The zero-order valence-corrected chi connectivity index (χ0v) is 21.4. The third kappa shape index (κ3) is 24.1. The van der Waals surface area contributed by atoms with Crippen LogP contribution in [0.1, 0.15) is 175 Å². The Labute approximate surface area is 187 Å². The summed E-state index contributed by atoms with van der Waals surface area (Å²) in [5.74, 6) is 1.93. The third-order valence-electron chi connectivity index (χ3n) is 6.99. The molecule has 2 unspecified atom stereocenters. The molecule has 0 bridgehead atoms. The lowest BCUT2D eigenvalue weighted by Gasteiger charge is -2.12. The average molecular weight is 409 g/mol. The Bertz CT molecular complexity index is 254. The summed E-state index contributed by atoms with van der Waals surface area (Å²) in [5.41, 5.74) is 0. The molecule has 2 atom stereocenters. The highest BCUT2D eigenvalue weighted by atomic mass is 14.1. The summed E-state index contributed by atoms with van der Waals surface area (Å²) < 4.78 is 0. The normalized spacial score (nSPS) is 13.7. The van der Waals surface area contributed by atoms with E-state index in [0.717, 1.165) is 11.8 Å². The summed E-state index contributed by atoms with van der Waals surface area (Å²) in [6, 6.07) is 0. The smallest absolute Gasteiger partial charge is 0.0443 e. The van der Waals surface area contributed by atoms with E-state index in [9.17, 15) is 0 Å². The highest BCUT2D eigenvalue weighted by molar-refractivity contribution is 4.57. The van der Waals surface area contributed by atoms with Crippen LogP contribution in [0.15, 0.2) is 0 Å². The summed E-state index contributed by atoms with van der Waals surface area (Å²) in [5, 5.41) is 0. The van der Waals surface area contributed by atoms with Crippen LogP contribution in [0.2, 0.25) is 0 Å². The molecular weight excluding hydrogens is 348 g/mol. The van der Waals surface area contributed by atoms with Crippen LogP contribution < -0.4 is 0 Å². The molecule has 0 aliphatic heterocycles. The average Bonchev–Trinajstić information content (AvgIpc) is 2.71. The van der Waals surface area contributed by atoms with Crippen molar-refractivity contribution in [3.8, 4) is 0 Å². The molecule has 0 heteroatoms. The molecule has 29 heavy (non-hydrogen) atoms. The van der Waals surface area contributed by atoms with Gasteiger partial charge >= 0.3 is 0 Å². The molecule has 176 valence electrons. The zero-order valence-electron chi connectivity index (χ0n) is 21.4. The Morgan fingerprint density at radius 3 is 0.759 bits per heavy atom. The minimum atomic E-state index is 0.967. The largest absolute Gasteiger partial charge is 0.0654 e. The summed E-state index contributed by atoms with van der Waals surface area (Å²) >= 11 is 0. The Morgan fingerprint density at radius 2 is 0.517 bits per heavy atom. The van der Waals surface area contributed by atoms with Gasteiger partial charge in [0.15, 0.2) is 0 Å². The second-order valence-corrected chi connectivity index (χ2v) is 10.4. The Hall–Kier alpha value is 0. The van der Waals surface area contributed by atoms with Crippen LogP contribution in [-0.2, 0) is 0 Å². The van der Waals surface area contributed by atoms with Gasteiger partial charge in [-0.2, -0.15) is 0 Å². The van der Waals surface area contributed by atoms with Gasteiger partial charge in [0, 0.05) is 0 Å². The van der Waals surface area contributed by atoms with E-state index in [1.807, 2.05) is 0 Å². The molecule has 0 aromatic heterocycles. The first-order chi connectivity index (χ1) is 14.2. The lowest BCUT2D eigenvalue weighted by Crippen LogP contribution is -1.96. The fourth-order valence-electron chi connectivity index (χ4n) is 4.70. The van der Waals surface area contributed by atoms with E-state index in [0.29, 0.717) is 0 Å². The maximum atomic E-state index is 2.48. The Morgan fingerprint density at radius 1 is 0.310 bits per heavy atom. The fourth-order valence-corrected chi connectivity index (χ4v) is 4.70. The van der Waals surface area contributed by atoms with E-state index in [2.05, 4.69) is 27.7 Å². The first-order valence-electron chi connectivity index (χ1n) is 14.2. The van der Waals surface area contributed by atoms with Crippen LogP contribution in [0.3, 0.4) is 0 Å². The molecule has 0 saturated carbocycles. The molecule has 0 aromatic rings. The Balaban J connectivity index is 3.22. The summed E-state index contributed by atoms with van der Waals surface area (Å²) in [4.78, 5) is 0. The molecule has 0 saturated heterocycles. The molecule has 0 spiro atoms. The van der Waals surface area contributed by atoms with Gasteiger partial charge in [0.05, 0.1) is 0 Å².